The van der Waals surface area contributed by atoms with Crippen LogP contribution in [0, 0.1) is 12.3 Å². The summed E-state index contributed by atoms with van der Waals surface area (Å²) < 4.78 is 0. The van der Waals surface area contributed by atoms with Gasteiger partial charge in [0.15, 0.2) is 0 Å². The molecule has 2 aliphatic rings. The maximum absolute atomic E-state index is 4.78. The van der Waals surface area contributed by atoms with E-state index in [0.717, 1.165) is 18.3 Å². The van der Waals surface area contributed by atoms with Gasteiger partial charge in [0.1, 0.15) is 10.7 Å². The molecule has 4 rings (SSSR count). The van der Waals surface area contributed by atoms with Crippen molar-refractivity contribution in [3.63, 3.8) is 0 Å². The molecule has 2 aromatic heterocycles. The van der Waals surface area contributed by atoms with Crippen molar-refractivity contribution in [2.24, 2.45) is 5.41 Å². The Hall–Kier alpha value is -1.00. The lowest BCUT2D eigenvalue weighted by Gasteiger charge is -2.33. The van der Waals surface area contributed by atoms with E-state index in [-0.39, 0.29) is 0 Å². The minimum absolute atomic E-state index is 0.528. The Bertz CT molecular complexity index is 733. The molecule has 0 spiro atoms. The van der Waals surface area contributed by atoms with Crippen molar-refractivity contribution >= 4 is 21.6 Å². The molecule has 0 amide bonds. The van der Waals surface area contributed by atoms with E-state index in [0.29, 0.717) is 11.5 Å². The summed E-state index contributed by atoms with van der Waals surface area (Å²) in [6.45, 7) is 7.74. The SMILES string of the molecule is Cc1nc(CNC2CCCC2)c2cc(C3CCC(C)(C)CC3)sc2n1. The Morgan fingerprint density at radius 1 is 1.12 bits per heavy atom. The molecule has 4 heteroatoms. The van der Waals surface area contributed by atoms with E-state index in [1.807, 2.05) is 18.3 Å². The summed E-state index contributed by atoms with van der Waals surface area (Å²) in [6.07, 6.45) is 10.7. The highest BCUT2D eigenvalue weighted by Crippen LogP contribution is 2.45. The molecule has 2 aliphatic carbocycles. The zero-order chi connectivity index (χ0) is 17.4. The number of hydrogen-bond acceptors (Lipinski definition) is 4. The predicted molar refractivity (Wildman–Crippen MR) is 106 cm³/mol. The van der Waals surface area contributed by atoms with E-state index in [4.69, 9.17) is 9.97 Å². The molecule has 2 aromatic rings. The number of fused-ring (bicyclic) bond motifs is 1. The number of aryl methyl sites for hydroxylation is 1. The summed E-state index contributed by atoms with van der Waals surface area (Å²) in [6, 6.07) is 3.10. The first kappa shape index (κ1) is 17.4. The Kier molecular flexibility index (Phi) is 4.85. The summed E-state index contributed by atoms with van der Waals surface area (Å²) in [5.74, 6) is 1.64. The molecule has 2 heterocycles. The van der Waals surface area contributed by atoms with Gasteiger partial charge >= 0.3 is 0 Å². The van der Waals surface area contributed by atoms with Crippen LogP contribution in [0.15, 0.2) is 6.07 Å². The molecule has 0 atom stereocenters. The molecule has 0 aromatic carbocycles. The maximum atomic E-state index is 4.78. The third-order valence-corrected chi connectivity index (χ3v) is 7.45. The first-order valence-corrected chi connectivity index (χ1v) is 10.8. The number of nitrogens with one attached hydrogen (secondary N) is 1. The zero-order valence-corrected chi connectivity index (χ0v) is 16.7. The van der Waals surface area contributed by atoms with Crippen molar-refractivity contribution in [3.8, 4) is 0 Å². The highest BCUT2D eigenvalue weighted by atomic mass is 32.1. The van der Waals surface area contributed by atoms with Gasteiger partial charge in [-0.15, -0.1) is 11.3 Å². The quantitative estimate of drug-likeness (QED) is 0.761. The fourth-order valence-electron chi connectivity index (χ4n) is 4.51. The zero-order valence-electron chi connectivity index (χ0n) is 15.9. The molecular weight excluding hydrogens is 326 g/mol. The number of aromatic nitrogens is 2. The van der Waals surface area contributed by atoms with Crippen molar-refractivity contribution in [2.45, 2.75) is 90.6 Å². The number of rotatable bonds is 4. The topological polar surface area (TPSA) is 37.8 Å². The largest absolute Gasteiger partial charge is 0.308 e. The average molecular weight is 358 g/mol. The van der Waals surface area contributed by atoms with Crippen LogP contribution in [0.2, 0.25) is 0 Å². The van der Waals surface area contributed by atoms with Crippen molar-refractivity contribution in [2.75, 3.05) is 0 Å². The Balaban J connectivity index is 1.55. The van der Waals surface area contributed by atoms with E-state index >= 15 is 0 Å². The lowest BCUT2D eigenvalue weighted by Crippen LogP contribution is -2.26. The fraction of sp³-hybridized carbons (Fsp3) is 0.714. The van der Waals surface area contributed by atoms with E-state index in [1.54, 1.807) is 0 Å². The van der Waals surface area contributed by atoms with Gasteiger partial charge in [-0.25, -0.2) is 9.97 Å². The Labute approximate surface area is 155 Å². The minimum Gasteiger partial charge on any atom is -0.308 e. The molecule has 0 bridgehead atoms. The molecule has 2 fully saturated rings. The van der Waals surface area contributed by atoms with Crippen LogP contribution in [0.5, 0.6) is 0 Å². The normalized spacial score (nSPS) is 22.0. The van der Waals surface area contributed by atoms with Gasteiger partial charge in [0.25, 0.3) is 0 Å². The highest BCUT2D eigenvalue weighted by molar-refractivity contribution is 7.18. The van der Waals surface area contributed by atoms with Crippen molar-refractivity contribution in [3.05, 3.63) is 22.5 Å². The van der Waals surface area contributed by atoms with Gasteiger partial charge in [0.2, 0.25) is 0 Å². The number of nitrogens with zero attached hydrogens (tertiary/aromatic N) is 2. The van der Waals surface area contributed by atoms with Gasteiger partial charge in [-0.05, 0) is 62.8 Å². The second kappa shape index (κ2) is 6.96. The summed E-state index contributed by atoms with van der Waals surface area (Å²) in [4.78, 5) is 12.2. The predicted octanol–water partition coefficient (Wildman–Crippen LogP) is 5.72. The van der Waals surface area contributed by atoms with Crippen molar-refractivity contribution in [1.29, 1.82) is 0 Å². The molecule has 136 valence electrons. The summed E-state index contributed by atoms with van der Waals surface area (Å²) in [7, 11) is 0. The number of thiophene rings is 1. The molecule has 0 radical (unpaired) electrons. The van der Waals surface area contributed by atoms with Gasteiger partial charge in [-0.1, -0.05) is 26.7 Å². The molecule has 2 saturated carbocycles. The fourth-order valence-corrected chi connectivity index (χ4v) is 5.77. The molecule has 25 heavy (non-hydrogen) atoms. The summed E-state index contributed by atoms with van der Waals surface area (Å²) in [5.41, 5.74) is 1.73. The van der Waals surface area contributed by atoms with Crippen molar-refractivity contribution in [1.82, 2.24) is 15.3 Å². The minimum atomic E-state index is 0.528. The van der Waals surface area contributed by atoms with E-state index in [9.17, 15) is 0 Å². The van der Waals surface area contributed by atoms with E-state index in [1.165, 1.54) is 72.2 Å². The van der Waals surface area contributed by atoms with Crippen LogP contribution >= 0.6 is 11.3 Å². The van der Waals surface area contributed by atoms with Crippen LogP contribution in [-0.2, 0) is 6.54 Å². The van der Waals surface area contributed by atoms with Gasteiger partial charge < -0.3 is 5.32 Å². The van der Waals surface area contributed by atoms with Gasteiger partial charge in [0, 0.05) is 22.8 Å². The average Bonchev–Trinajstić information content (AvgIpc) is 3.21. The molecule has 0 unspecified atom stereocenters. The summed E-state index contributed by atoms with van der Waals surface area (Å²) in [5, 5.41) is 5.02. The molecule has 0 saturated heterocycles. The van der Waals surface area contributed by atoms with Crippen LogP contribution in [0.3, 0.4) is 0 Å². The van der Waals surface area contributed by atoms with Crippen LogP contribution in [0.1, 0.15) is 87.5 Å². The Morgan fingerprint density at radius 2 is 1.84 bits per heavy atom. The van der Waals surface area contributed by atoms with Gasteiger partial charge in [-0.2, -0.15) is 0 Å². The van der Waals surface area contributed by atoms with Crippen LogP contribution in [0.25, 0.3) is 10.2 Å². The van der Waals surface area contributed by atoms with Gasteiger partial charge in [-0.3, -0.25) is 0 Å². The van der Waals surface area contributed by atoms with Crippen molar-refractivity contribution < 1.29 is 0 Å². The standard InChI is InChI=1S/C21H31N3S/c1-14-23-18(13-22-16-6-4-5-7-16)17-12-19(25-20(17)24-14)15-8-10-21(2,3)11-9-15/h12,15-16,22H,4-11,13H2,1-3H3. The lowest BCUT2D eigenvalue weighted by atomic mass is 9.73. The molecule has 1 N–H and O–H groups in total. The third-order valence-electron chi connectivity index (χ3n) is 6.26. The highest BCUT2D eigenvalue weighted by Gasteiger charge is 2.29. The number of hydrogen-bond donors (Lipinski definition) is 1. The Morgan fingerprint density at radius 3 is 2.56 bits per heavy atom. The van der Waals surface area contributed by atoms with Crippen LogP contribution in [-0.4, -0.2) is 16.0 Å². The monoisotopic (exact) mass is 357 g/mol. The molecular formula is C21H31N3S. The lowest BCUT2D eigenvalue weighted by molar-refractivity contribution is 0.226. The molecule has 3 nitrogen and oxygen atoms in total. The van der Waals surface area contributed by atoms with E-state index < -0.39 is 0 Å². The third kappa shape index (κ3) is 3.90. The smallest absolute Gasteiger partial charge is 0.127 e. The second-order valence-corrected chi connectivity index (χ2v) is 9.95. The first-order valence-electron chi connectivity index (χ1n) is 10.0. The van der Waals surface area contributed by atoms with Crippen LogP contribution < -0.4 is 5.32 Å². The van der Waals surface area contributed by atoms with Crippen LogP contribution in [0.4, 0.5) is 0 Å². The second-order valence-electron chi connectivity index (χ2n) is 8.89. The maximum Gasteiger partial charge on any atom is 0.127 e. The van der Waals surface area contributed by atoms with E-state index in [2.05, 4.69) is 25.2 Å². The van der Waals surface area contributed by atoms with Gasteiger partial charge in [0.05, 0.1) is 5.69 Å². The first-order chi connectivity index (χ1) is 12.0. The summed E-state index contributed by atoms with van der Waals surface area (Å²) >= 11 is 1.91. The molecule has 0 aliphatic heterocycles.